The van der Waals surface area contributed by atoms with Crippen molar-refractivity contribution in [2.45, 2.75) is 50.8 Å². The van der Waals surface area contributed by atoms with Crippen LogP contribution in [-0.2, 0) is 27.6 Å². The summed E-state index contributed by atoms with van der Waals surface area (Å²) in [6.07, 6.45) is 3.58. The number of benzene rings is 2. The monoisotopic (exact) mass is 555 g/mol. The molecule has 0 aliphatic heterocycles. The van der Waals surface area contributed by atoms with Gasteiger partial charge in [-0.05, 0) is 81.5 Å². The number of rotatable bonds is 7. The maximum absolute atomic E-state index is 13.1. The van der Waals surface area contributed by atoms with Crippen molar-refractivity contribution in [2.24, 2.45) is 0 Å². The number of hydrogen-bond acceptors (Lipinski definition) is 7. The first-order chi connectivity index (χ1) is 18.2. The number of anilines is 2. The highest BCUT2D eigenvalue weighted by atomic mass is 32.2. The Morgan fingerprint density at radius 2 is 1.61 bits per heavy atom. The second-order valence-corrected chi connectivity index (χ2v) is 11.7. The normalized spacial score (nSPS) is 13.1. The molecular formula is C27H29N3O6S2. The van der Waals surface area contributed by atoms with Gasteiger partial charge in [0.25, 0.3) is 21.8 Å². The van der Waals surface area contributed by atoms with Crippen LogP contribution in [0.4, 0.5) is 15.5 Å². The minimum Gasteiger partial charge on any atom is -0.450 e. The molecule has 1 aliphatic rings. The largest absolute Gasteiger partial charge is 0.450 e. The van der Waals surface area contributed by atoms with Gasteiger partial charge in [-0.2, -0.15) is 0 Å². The highest BCUT2D eigenvalue weighted by Gasteiger charge is 2.27. The maximum Gasteiger partial charge on any atom is 0.414 e. The van der Waals surface area contributed by atoms with Gasteiger partial charge in [0.15, 0.2) is 0 Å². The number of ether oxygens (including phenoxy) is 1. The number of carbonyl (C=O) groups is 3. The summed E-state index contributed by atoms with van der Waals surface area (Å²) in [6.45, 7) is 3.64. The fraction of sp³-hybridized carbons (Fsp3) is 0.296. The van der Waals surface area contributed by atoms with Gasteiger partial charge in [-0.15, -0.1) is 11.3 Å². The van der Waals surface area contributed by atoms with E-state index in [2.05, 4.69) is 15.4 Å². The third-order valence-electron chi connectivity index (χ3n) is 6.10. The molecule has 0 spiro atoms. The molecule has 0 unspecified atom stereocenters. The van der Waals surface area contributed by atoms with Crippen molar-refractivity contribution in [3.05, 3.63) is 75.7 Å². The van der Waals surface area contributed by atoms with E-state index in [4.69, 9.17) is 4.74 Å². The molecule has 0 fully saturated rings. The number of aryl methyl sites for hydroxylation is 2. The number of carbonyl (C=O) groups excluding carboxylic acids is 3. The smallest absolute Gasteiger partial charge is 0.414 e. The first-order valence-corrected chi connectivity index (χ1v) is 14.6. The lowest BCUT2D eigenvalue weighted by atomic mass is 10.0. The van der Waals surface area contributed by atoms with Crippen LogP contribution in [0.25, 0.3) is 0 Å². The summed E-state index contributed by atoms with van der Waals surface area (Å²) in [5, 5.41) is 5.43. The highest BCUT2D eigenvalue weighted by Crippen LogP contribution is 2.38. The van der Waals surface area contributed by atoms with Gasteiger partial charge < -0.3 is 10.1 Å². The van der Waals surface area contributed by atoms with Crippen molar-refractivity contribution in [1.82, 2.24) is 5.32 Å². The van der Waals surface area contributed by atoms with Gasteiger partial charge in [0, 0.05) is 16.1 Å². The van der Waals surface area contributed by atoms with E-state index in [0.29, 0.717) is 17.1 Å². The number of alkyl carbamates (subject to hydrolysis) is 1. The van der Waals surface area contributed by atoms with Crippen LogP contribution in [0.3, 0.4) is 0 Å². The van der Waals surface area contributed by atoms with Crippen LogP contribution in [0, 0.1) is 6.92 Å². The van der Waals surface area contributed by atoms with Crippen LogP contribution in [-0.4, -0.2) is 32.9 Å². The molecule has 11 heteroatoms. The zero-order valence-corrected chi connectivity index (χ0v) is 22.8. The first-order valence-electron chi connectivity index (χ1n) is 12.3. The summed E-state index contributed by atoms with van der Waals surface area (Å²) in [4.78, 5) is 39.1. The topological polar surface area (TPSA) is 131 Å². The van der Waals surface area contributed by atoms with Gasteiger partial charge in [-0.25, -0.2) is 13.2 Å². The number of thiophene rings is 1. The molecule has 38 heavy (non-hydrogen) atoms. The average molecular weight is 556 g/mol. The number of hydrogen-bond donors (Lipinski definition) is 3. The third kappa shape index (κ3) is 6.40. The number of fused-ring (bicyclic) bond motifs is 1. The van der Waals surface area contributed by atoms with E-state index >= 15 is 0 Å². The third-order valence-corrected chi connectivity index (χ3v) is 8.70. The Kier molecular flexibility index (Phi) is 8.48. The van der Waals surface area contributed by atoms with Crippen LogP contribution in [0.5, 0.6) is 0 Å². The van der Waals surface area contributed by atoms with E-state index in [1.54, 1.807) is 19.1 Å². The Labute approximate surface area is 225 Å². The van der Waals surface area contributed by atoms with Crippen LogP contribution < -0.4 is 15.4 Å². The minimum absolute atomic E-state index is 0.127. The van der Waals surface area contributed by atoms with E-state index in [-0.39, 0.29) is 22.6 Å². The minimum atomic E-state index is -3.78. The number of sulfonamides is 1. The average Bonchev–Trinajstić information content (AvgIpc) is 3.04. The maximum atomic E-state index is 13.1. The predicted molar refractivity (Wildman–Crippen MR) is 146 cm³/mol. The van der Waals surface area contributed by atoms with Crippen molar-refractivity contribution in [2.75, 3.05) is 16.6 Å². The van der Waals surface area contributed by atoms with Gasteiger partial charge in [0.1, 0.15) is 5.00 Å². The molecular weight excluding hydrogens is 526 g/mol. The number of imide groups is 1. The molecule has 1 heterocycles. The zero-order valence-electron chi connectivity index (χ0n) is 21.1. The van der Waals surface area contributed by atoms with Crippen molar-refractivity contribution < 1.29 is 27.5 Å². The summed E-state index contributed by atoms with van der Waals surface area (Å²) in [6, 6.07) is 12.5. The Hall–Kier alpha value is -3.70. The molecule has 0 saturated carbocycles. The van der Waals surface area contributed by atoms with Crippen molar-refractivity contribution in [3.8, 4) is 0 Å². The van der Waals surface area contributed by atoms with Gasteiger partial charge in [0.05, 0.1) is 17.1 Å². The molecule has 4 rings (SSSR count). The lowest BCUT2D eigenvalue weighted by molar-refractivity contribution is 0.0925. The van der Waals surface area contributed by atoms with Crippen LogP contribution in [0.15, 0.2) is 53.4 Å². The van der Waals surface area contributed by atoms with E-state index in [0.717, 1.165) is 41.7 Å². The molecule has 0 bridgehead atoms. The summed E-state index contributed by atoms with van der Waals surface area (Å²) >= 11 is 1.34. The molecule has 3 N–H and O–H groups in total. The Morgan fingerprint density at radius 1 is 0.921 bits per heavy atom. The fourth-order valence-corrected chi connectivity index (χ4v) is 6.53. The lowest BCUT2D eigenvalue weighted by Gasteiger charge is -2.11. The molecule has 9 nitrogen and oxygen atoms in total. The van der Waals surface area contributed by atoms with E-state index in [9.17, 15) is 22.8 Å². The molecule has 0 atom stereocenters. The summed E-state index contributed by atoms with van der Waals surface area (Å²) in [5.74, 6) is -1.07. The van der Waals surface area contributed by atoms with Crippen LogP contribution in [0.1, 0.15) is 62.9 Å². The van der Waals surface area contributed by atoms with E-state index in [1.165, 1.54) is 47.7 Å². The van der Waals surface area contributed by atoms with Gasteiger partial charge in [-0.1, -0.05) is 24.1 Å². The van der Waals surface area contributed by atoms with Crippen LogP contribution >= 0.6 is 11.3 Å². The molecule has 2 aromatic carbocycles. The zero-order chi connectivity index (χ0) is 27.3. The second-order valence-electron chi connectivity index (χ2n) is 8.89. The summed E-state index contributed by atoms with van der Waals surface area (Å²) in [5.41, 5.74) is 2.67. The fourth-order valence-electron chi connectivity index (χ4n) is 4.19. The van der Waals surface area contributed by atoms with Gasteiger partial charge in [0.2, 0.25) is 0 Å². The molecule has 200 valence electrons. The molecule has 0 saturated heterocycles. The standard InChI is InChI=1S/C27H29N3O6S2/c1-3-36-27(33)29-25(32)23-21-7-5-4-6-8-22(21)37-26(23)28-24(31)18-11-13-19(14-12-18)30-38(34,35)20-15-9-17(2)10-16-20/h9-16,30H,3-8H2,1-2H3,(H,28,31)(H,29,32,33). The Morgan fingerprint density at radius 3 is 2.29 bits per heavy atom. The van der Waals surface area contributed by atoms with E-state index in [1.807, 2.05) is 6.92 Å². The summed E-state index contributed by atoms with van der Waals surface area (Å²) < 4.78 is 32.7. The Balaban J connectivity index is 1.52. The number of amides is 3. The first kappa shape index (κ1) is 27.3. The molecule has 1 aromatic heterocycles. The lowest BCUT2D eigenvalue weighted by Crippen LogP contribution is -2.32. The van der Waals surface area contributed by atoms with E-state index < -0.39 is 27.9 Å². The highest BCUT2D eigenvalue weighted by molar-refractivity contribution is 7.92. The molecule has 0 radical (unpaired) electrons. The van der Waals surface area contributed by atoms with Crippen molar-refractivity contribution >= 4 is 50.0 Å². The van der Waals surface area contributed by atoms with Gasteiger partial charge >= 0.3 is 6.09 Å². The molecule has 3 amide bonds. The molecule has 1 aliphatic carbocycles. The summed E-state index contributed by atoms with van der Waals surface area (Å²) in [7, 11) is -3.78. The Bertz CT molecular complexity index is 1450. The quantitative estimate of drug-likeness (QED) is 0.341. The van der Waals surface area contributed by atoms with Crippen molar-refractivity contribution in [1.29, 1.82) is 0 Å². The number of nitrogens with one attached hydrogen (secondary N) is 3. The predicted octanol–water partition coefficient (Wildman–Crippen LogP) is 5.26. The molecule has 3 aromatic rings. The van der Waals surface area contributed by atoms with Gasteiger partial charge in [-0.3, -0.25) is 19.6 Å². The SMILES string of the molecule is CCOC(=O)NC(=O)c1c(NC(=O)c2ccc(NS(=O)(=O)c3ccc(C)cc3)cc2)sc2c1CCCCC2. The van der Waals surface area contributed by atoms with Crippen molar-refractivity contribution in [3.63, 3.8) is 0 Å². The second kappa shape index (κ2) is 11.8. The van der Waals surface area contributed by atoms with Crippen LogP contribution in [0.2, 0.25) is 0 Å².